The molecule has 1 saturated heterocycles. The molecule has 1 fully saturated rings. The highest BCUT2D eigenvalue weighted by Crippen LogP contribution is 2.31. The van der Waals surface area contributed by atoms with Crippen molar-refractivity contribution in [2.45, 2.75) is 31.8 Å². The first kappa shape index (κ1) is 17.7. The Kier molecular flexibility index (Phi) is 4.42. The van der Waals surface area contributed by atoms with Crippen LogP contribution < -0.4 is 9.64 Å². The van der Waals surface area contributed by atoms with Crippen LogP contribution in [0.25, 0.3) is 11.2 Å². The second-order valence-electron chi connectivity index (χ2n) is 7.45. The van der Waals surface area contributed by atoms with Gasteiger partial charge in [0.05, 0.1) is 18.9 Å². The number of aromatic amines is 1. The van der Waals surface area contributed by atoms with Crippen LogP contribution >= 0.6 is 0 Å². The monoisotopic (exact) mass is 394 g/mol. The van der Waals surface area contributed by atoms with Crippen molar-refractivity contribution >= 4 is 23.1 Å². The maximum atomic E-state index is 11.4. The molecule has 0 spiro atoms. The number of carbonyl (C=O) groups is 1. The fourth-order valence-electron chi connectivity index (χ4n) is 4.28. The molecule has 2 aromatic heterocycles. The SMILES string of the molecule is O=C(O)N1CCc2cccc(OCC3CCCN3c3ncnc4[nH]cnc34)c2C1. The maximum absolute atomic E-state index is 11.4. The van der Waals surface area contributed by atoms with Crippen LogP contribution in [0.1, 0.15) is 24.0 Å². The van der Waals surface area contributed by atoms with E-state index >= 15 is 0 Å². The zero-order valence-corrected chi connectivity index (χ0v) is 15.9. The van der Waals surface area contributed by atoms with E-state index in [1.165, 1.54) is 4.90 Å². The van der Waals surface area contributed by atoms with E-state index in [1.807, 2.05) is 12.1 Å². The highest BCUT2D eigenvalue weighted by atomic mass is 16.5. The topological polar surface area (TPSA) is 107 Å². The molecule has 29 heavy (non-hydrogen) atoms. The van der Waals surface area contributed by atoms with Crippen molar-refractivity contribution in [1.82, 2.24) is 24.8 Å². The lowest BCUT2D eigenvalue weighted by molar-refractivity contribution is 0.139. The molecule has 4 heterocycles. The number of nitrogens with one attached hydrogen (secondary N) is 1. The van der Waals surface area contributed by atoms with Gasteiger partial charge in [-0.1, -0.05) is 12.1 Å². The van der Waals surface area contributed by atoms with E-state index in [2.05, 4.69) is 30.9 Å². The van der Waals surface area contributed by atoms with E-state index in [1.54, 1.807) is 12.7 Å². The lowest BCUT2D eigenvalue weighted by Gasteiger charge is -2.29. The highest BCUT2D eigenvalue weighted by molar-refractivity contribution is 5.83. The second kappa shape index (κ2) is 7.23. The Labute approximate surface area is 167 Å². The summed E-state index contributed by atoms with van der Waals surface area (Å²) >= 11 is 0. The van der Waals surface area contributed by atoms with Gasteiger partial charge in [-0.3, -0.25) is 0 Å². The molecule has 3 aromatic rings. The summed E-state index contributed by atoms with van der Waals surface area (Å²) in [6.45, 7) is 2.30. The molecule has 2 aliphatic heterocycles. The van der Waals surface area contributed by atoms with E-state index in [0.29, 0.717) is 26.1 Å². The molecule has 0 radical (unpaired) electrons. The van der Waals surface area contributed by atoms with Gasteiger partial charge in [0.25, 0.3) is 0 Å². The van der Waals surface area contributed by atoms with Gasteiger partial charge in [0.1, 0.15) is 24.2 Å². The molecular formula is C20H22N6O3. The Bertz CT molecular complexity index is 1050. The van der Waals surface area contributed by atoms with E-state index in [4.69, 9.17) is 4.74 Å². The van der Waals surface area contributed by atoms with Gasteiger partial charge < -0.3 is 24.6 Å². The molecule has 1 atom stereocenters. The van der Waals surface area contributed by atoms with Crippen molar-refractivity contribution in [3.05, 3.63) is 42.0 Å². The summed E-state index contributed by atoms with van der Waals surface area (Å²) in [6.07, 6.45) is 5.08. The van der Waals surface area contributed by atoms with E-state index in [9.17, 15) is 9.90 Å². The Hall–Kier alpha value is -3.36. The molecule has 9 heteroatoms. The minimum atomic E-state index is -0.890. The third-order valence-electron chi connectivity index (χ3n) is 5.78. The fourth-order valence-corrected chi connectivity index (χ4v) is 4.28. The number of H-pyrrole nitrogens is 1. The molecule has 150 valence electrons. The molecule has 1 aromatic carbocycles. The van der Waals surface area contributed by atoms with Crippen molar-refractivity contribution in [1.29, 1.82) is 0 Å². The largest absolute Gasteiger partial charge is 0.491 e. The summed E-state index contributed by atoms with van der Waals surface area (Å²) < 4.78 is 6.23. The summed E-state index contributed by atoms with van der Waals surface area (Å²) in [5.74, 6) is 1.60. The van der Waals surface area contributed by atoms with Crippen molar-refractivity contribution < 1.29 is 14.6 Å². The quantitative estimate of drug-likeness (QED) is 0.700. The number of fused-ring (bicyclic) bond motifs is 2. The van der Waals surface area contributed by atoms with Crippen LogP contribution in [-0.2, 0) is 13.0 Å². The number of hydrogen-bond donors (Lipinski definition) is 2. The van der Waals surface area contributed by atoms with Gasteiger partial charge >= 0.3 is 6.09 Å². The number of anilines is 1. The molecule has 9 nitrogen and oxygen atoms in total. The van der Waals surface area contributed by atoms with E-state index in [-0.39, 0.29) is 6.04 Å². The lowest BCUT2D eigenvalue weighted by Crippen LogP contribution is -2.36. The molecule has 2 aliphatic rings. The molecule has 0 saturated carbocycles. The predicted octanol–water partition coefficient (Wildman–Crippen LogP) is 2.44. The van der Waals surface area contributed by atoms with Crippen LogP contribution in [0.4, 0.5) is 10.6 Å². The van der Waals surface area contributed by atoms with Crippen molar-refractivity contribution in [2.24, 2.45) is 0 Å². The van der Waals surface area contributed by atoms with Gasteiger partial charge in [-0.2, -0.15) is 0 Å². The van der Waals surface area contributed by atoms with Gasteiger partial charge in [0.2, 0.25) is 0 Å². The summed E-state index contributed by atoms with van der Waals surface area (Å²) in [5, 5.41) is 9.34. The van der Waals surface area contributed by atoms with Crippen LogP contribution in [0.15, 0.2) is 30.9 Å². The molecule has 5 rings (SSSR count). The van der Waals surface area contributed by atoms with E-state index < -0.39 is 6.09 Å². The number of hydrogen-bond acceptors (Lipinski definition) is 6. The molecule has 1 unspecified atom stereocenters. The number of carboxylic acid groups (broad SMARTS) is 1. The van der Waals surface area contributed by atoms with Crippen molar-refractivity contribution in [2.75, 3.05) is 24.6 Å². The normalized spacial score (nSPS) is 18.8. The molecule has 0 aliphatic carbocycles. The first-order chi connectivity index (χ1) is 14.2. The third kappa shape index (κ3) is 3.22. The third-order valence-corrected chi connectivity index (χ3v) is 5.78. The average Bonchev–Trinajstić information content (AvgIpc) is 3.40. The van der Waals surface area contributed by atoms with Gasteiger partial charge in [-0.25, -0.2) is 19.7 Å². The number of amides is 1. The summed E-state index contributed by atoms with van der Waals surface area (Å²) in [4.78, 5) is 31.2. The Morgan fingerprint density at radius 3 is 3.10 bits per heavy atom. The molecule has 1 amide bonds. The zero-order valence-electron chi connectivity index (χ0n) is 15.9. The number of ether oxygens (including phenoxy) is 1. The first-order valence-corrected chi connectivity index (χ1v) is 9.83. The zero-order chi connectivity index (χ0) is 19.8. The van der Waals surface area contributed by atoms with Crippen LogP contribution in [0, 0.1) is 0 Å². The first-order valence-electron chi connectivity index (χ1n) is 9.83. The van der Waals surface area contributed by atoms with E-state index in [0.717, 1.165) is 53.2 Å². The second-order valence-corrected chi connectivity index (χ2v) is 7.45. The standard InChI is InChI=1S/C20H22N6O3/c27-20(28)25-8-6-13-3-1-5-16(15(13)9-25)29-10-14-4-2-7-26(14)19-17-18(22-11-21-17)23-12-24-19/h1,3,5,11-12,14H,2,4,6-10H2,(H,27,28)(H,21,22,23,24). The smallest absolute Gasteiger partial charge is 0.407 e. The van der Waals surface area contributed by atoms with Crippen molar-refractivity contribution in [3.8, 4) is 5.75 Å². The number of aromatic nitrogens is 4. The minimum absolute atomic E-state index is 0.180. The van der Waals surface area contributed by atoms with Gasteiger partial charge in [0, 0.05) is 18.7 Å². The summed E-state index contributed by atoms with van der Waals surface area (Å²) in [5.41, 5.74) is 3.64. The lowest BCUT2D eigenvalue weighted by atomic mass is 9.99. The summed E-state index contributed by atoms with van der Waals surface area (Å²) in [7, 11) is 0. The van der Waals surface area contributed by atoms with Crippen molar-refractivity contribution in [3.63, 3.8) is 0 Å². The fraction of sp³-hybridized carbons (Fsp3) is 0.400. The number of nitrogens with zero attached hydrogens (tertiary/aromatic N) is 5. The molecule has 2 N–H and O–H groups in total. The molecule has 0 bridgehead atoms. The van der Waals surface area contributed by atoms with Crippen LogP contribution in [-0.4, -0.2) is 61.8 Å². The molecular weight excluding hydrogens is 372 g/mol. The predicted molar refractivity (Wildman–Crippen MR) is 106 cm³/mol. The Balaban J connectivity index is 1.35. The number of rotatable bonds is 4. The maximum Gasteiger partial charge on any atom is 0.407 e. The van der Waals surface area contributed by atoms with Gasteiger partial charge in [-0.15, -0.1) is 0 Å². The van der Waals surface area contributed by atoms with Gasteiger partial charge in [-0.05, 0) is 30.9 Å². The number of imidazole rings is 1. The highest BCUT2D eigenvalue weighted by Gasteiger charge is 2.29. The van der Waals surface area contributed by atoms with Crippen LogP contribution in [0.5, 0.6) is 5.75 Å². The minimum Gasteiger partial charge on any atom is -0.491 e. The number of benzene rings is 1. The van der Waals surface area contributed by atoms with Gasteiger partial charge in [0.15, 0.2) is 11.5 Å². The van der Waals surface area contributed by atoms with Crippen LogP contribution in [0.2, 0.25) is 0 Å². The van der Waals surface area contributed by atoms with Crippen LogP contribution in [0.3, 0.4) is 0 Å². The summed E-state index contributed by atoms with van der Waals surface area (Å²) in [6, 6.07) is 6.15. The Morgan fingerprint density at radius 1 is 1.28 bits per heavy atom. The average molecular weight is 394 g/mol. The Morgan fingerprint density at radius 2 is 2.21 bits per heavy atom.